The van der Waals surface area contributed by atoms with Crippen LogP contribution in [0.25, 0.3) is 0 Å². The van der Waals surface area contributed by atoms with Crippen molar-refractivity contribution in [2.45, 2.75) is 6.92 Å². The smallest absolute Gasteiger partial charge is 0.107 e. The van der Waals surface area contributed by atoms with Gasteiger partial charge in [0.1, 0.15) is 6.67 Å². The molecule has 0 unspecified atom stereocenters. The van der Waals surface area contributed by atoms with Gasteiger partial charge in [0.25, 0.3) is 0 Å². The molecule has 0 saturated heterocycles. The van der Waals surface area contributed by atoms with Crippen molar-refractivity contribution in [2.75, 3.05) is 13.2 Å². The van der Waals surface area contributed by atoms with Crippen molar-refractivity contribution in [3.05, 3.63) is 12.3 Å². The van der Waals surface area contributed by atoms with Gasteiger partial charge in [-0.2, -0.15) is 0 Å². The second kappa shape index (κ2) is 5.28. The lowest BCUT2D eigenvalue weighted by molar-refractivity contribution is 0.487. The molecule has 0 aromatic carbocycles. The van der Waals surface area contributed by atoms with Crippen LogP contribution < -0.4 is 5.32 Å². The summed E-state index contributed by atoms with van der Waals surface area (Å²) in [5, 5.41) is 9.58. The first-order valence-corrected chi connectivity index (χ1v) is 2.78. The monoisotopic (exact) mass is 130 g/mol. The highest BCUT2D eigenvalue weighted by atomic mass is 19.1. The van der Waals surface area contributed by atoms with Crippen molar-refractivity contribution in [2.24, 2.45) is 0 Å². The maximum atomic E-state index is 11.4. The third kappa shape index (κ3) is 7.14. The Bertz CT molecular complexity index is 110. The molecule has 2 nitrogen and oxygen atoms in total. The molecular weight excluding hydrogens is 119 g/mol. The van der Waals surface area contributed by atoms with Gasteiger partial charge < -0.3 is 10.7 Å². The lowest BCUT2D eigenvalue weighted by Gasteiger charge is -1.91. The van der Waals surface area contributed by atoms with Crippen molar-refractivity contribution in [3.8, 4) is 0 Å². The van der Waals surface area contributed by atoms with Gasteiger partial charge in [-0.25, -0.2) is 4.39 Å². The van der Waals surface area contributed by atoms with E-state index in [0.717, 1.165) is 0 Å². The van der Waals surface area contributed by atoms with E-state index in [0.29, 0.717) is 12.3 Å². The zero-order valence-corrected chi connectivity index (χ0v) is 5.45. The molecule has 9 heavy (non-hydrogen) atoms. The van der Waals surface area contributed by atoms with Crippen LogP contribution in [0.5, 0.6) is 0 Å². The Morgan fingerprint density at radius 1 is 1.78 bits per heavy atom. The summed E-state index contributed by atoms with van der Waals surface area (Å²) >= 11 is 0. The van der Waals surface area contributed by atoms with E-state index in [1.54, 1.807) is 19.2 Å². The van der Waals surface area contributed by atoms with Crippen LogP contribution in [0.15, 0.2) is 12.3 Å². The summed E-state index contributed by atoms with van der Waals surface area (Å²) in [6, 6.07) is 0. The Kier molecular flexibility index (Phi) is 4.78. The molecule has 52 valence electrons. The summed E-state index contributed by atoms with van der Waals surface area (Å²) in [4.78, 5) is 0. The van der Waals surface area contributed by atoms with Crippen LogP contribution in [0.4, 0.5) is 4.39 Å². The summed E-state index contributed by atoms with van der Waals surface area (Å²) in [7, 11) is 0. The molecule has 0 heterocycles. The maximum absolute atomic E-state index is 11.4. The molecule has 0 fully saturated rings. The molecule has 3 heteroatoms. The zero-order chi connectivity index (χ0) is 7.11. The fourth-order valence-corrected chi connectivity index (χ4v) is 0.322. The van der Waals surface area contributed by atoms with Crippen LogP contribution in [0.2, 0.25) is 0 Å². The van der Waals surface area contributed by atoms with Crippen LogP contribution in [-0.2, 0) is 0 Å². The SMILES string of the molecule is CC(=N)/C=C\NCCF. The van der Waals surface area contributed by atoms with Crippen LogP contribution in [-0.4, -0.2) is 18.9 Å². The van der Waals surface area contributed by atoms with E-state index >= 15 is 0 Å². The fraction of sp³-hybridized carbons (Fsp3) is 0.500. The van der Waals surface area contributed by atoms with Crippen LogP contribution >= 0.6 is 0 Å². The molecule has 0 spiro atoms. The summed E-state index contributed by atoms with van der Waals surface area (Å²) in [5.41, 5.74) is 0.460. The largest absolute Gasteiger partial charge is 0.388 e. The van der Waals surface area contributed by atoms with Crippen molar-refractivity contribution in [1.82, 2.24) is 5.32 Å². The molecule has 0 aliphatic rings. The first-order valence-electron chi connectivity index (χ1n) is 2.78. The number of hydrogen-bond acceptors (Lipinski definition) is 2. The highest BCUT2D eigenvalue weighted by molar-refractivity contribution is 5.89. The average molecular weight is 130 g/mol. The van der Waals surface area contributed by atoms with E-state index in [2.05, 4.69) is 5.32 Å². The molecule has 2 N–H and O–H groups in total. The van der Waals surface area contributed by atoms with Crippen molar-refractivity contribution < 1.29 is 4.39 Å². The molecule has 0 saturated carbocycles. The topological polar surface area (TPSA) is 35.9 Å². The lowest BCUT2D eigenvalue weighted by atomic mass is 10.4. The molecule has 0 aromatic rings. The maximum Gasteiger partial charge on any atom is 0.107 e. The minimum Gasteiger partial charge on any atom is -0.388 e. The van der Waals surface area contributed by atoms with Crippen molar-refractivity contribution in [1.29, 1.82) is 5.41 Å². The quantitative estimate of drug-likeness (QED) is 0.434. The summed E-state index contributed by atoms with van der Waals surface area (Å²) in [6.07, 6.45) is 3.15. The minimum atomic E-state index is -0.374. The van der Waals surface area contributed by atoms with Gasteiger partial charge in [-0.1, -0.05) is 0 Å². The number of allylic oxidation sites excluding steroid dienone is 1. The molecule has 0 aliphatic carbocycles. The molecule has 0 rings (SSSR count). The van der Waals surface area contributed by atoms with Gasteiger partial charge in [-0.3, -0.25) is 0 Å². The number of alkyl halides is 1. The molecule has 0 atom stereocenters. The van der Waals surface area contributed by atoms with Gasteiger partial charge in [0.05, 0.1) is 0 Å². The normalized spacial score (nSPS) is 10.0. The Labute approximate surface area is 54.3 Å². The molecule has 0 amide bonds. The highest BCUT2D eigenvalue weighted by Gasteiger charge is 1.76. The van der Waals surface area contributed by atoms with Gasteiger partial charge >= 0.3 is 0 Å². The Morgan fingerprint density at radius 2 is 2.44 bits per heavy atom. The third-order valence-electron chi connectivity index (χ3n) is 0.690. The van der Waals surface area contributed by atoms with E-state index in [4.69, 9.17) is 5.41 Å². The average Bonchev–Trinajstić information content (AvgIpc) is 1.80. The van der Waals surface area contributed by atoms with Crippen LogP contribution in [0.3, 0.4) is 0 Å². The molecule has 0 bridgehead atoms. The predicted octanol–water partition coefficient (Wildman–Crippen LogP) is 1.10. The van der Waals surface area contributed by atoms with E-state index in [9.17, 15) is 4.39 Å². The first kappa shape index (κ1) is 8.14. The number of nitrogens with one attached hydrogen (secondary N) is 2. The lowest BCUT2D eigenvalue weighted by Crippen LogP contribution is -2.08. The van der Waals surface area contributed by atoms with Gasteiger partial charge in [0, 0.05) is 12.3 Å². The number of rotatable bonds is 4. The number of halogens is 1. The van der Waals surface area contributed by atoms with E-state index < -0.39 is 0 Å². The van der Waals surface area contributed by atoms with Gasteiger partial charge in [-0.05, 0) is 19.2 Å². The molecular formula is C6H11FN2. The third-order valence-corrected chi connectivity index (χ3v) is 0.690. The van der Waals surface area contributed by atoms with Crippen molar-refractivity contribution >= 4 is 5.71 Å². The first-order chi connectivity index (χ1) is 4.27. The van der Waals surface area contributed by atoms with Gasteiger partial charge in [-0.15, -0.1) is 0 Å². The summed E-state index contributed by atoms with van der Waals surface area (Å²) < 4.78 is 11.4. The Balaban J connectivity index is 3.15. The van der Waals surface area contributed by atoms with E-state index in [1.165, 1.54) is 0 Å². The molecule has 0 aromatic heterocycles. The van der Waals surface area contributed by atoms with Gasteiger partial charge in [0.15, 0.2) is 0 Å². The standard InChI is InChI=1S/C6H11FN2/c1-6(8)2-4-9-5-3-7/h2,4,8-9H,3,5H2,1H3/b4-2-,8-6?. The van der Waals surface area contributed by atoms with E-state index in [-0.39, 0.29) is 6.67 Å². The second-order valence-electron chi connectivity index (χ2n) is 1.66. The van der Waals surface area contributed by atoms with Crippen molar-refractivity contribution in [3.63, 3.8) is 0 Å². The fourth-order valence-electron chi connectivity index (χ4n) is 0.322. The van der Waals surface area contributed by atoms with Crippen LogP contribution in [0, 0.1) is 5.41 Å². The highest BCUT2D eigenvalue weighted by Crippen LogP contribution is 1.71. The summed E-state index contributed by atoms with van der Waals surface area (Å²) in [5.74, 6) is 0. The second-order valence-corrected chi connectivity index (χ2v) is 1.66. The number of hydrogen-bond donors (Lipinski definition) is 2. The van der Waals surface area contributed by atoms with Crippen LogP contribution in [0.1, 0.15) is 6.92 Å². The van der Waals surface area contributed by atoms with Gasteiger partial charge in [0.2, 0.25) is 0 Å². The molecule has 0 aliphatic heterocycles. The van der Waals surface area contributed by atoms with E-state index in [1.807, 2.05) is 0 Å². The predicted molar refractivity (Wildman–Crippen MR) is 36.5 cm³/mol. The Morgan fingerprint density at radius 3 is 2.89 bits per heavy atom. The minimum absolute atomic E-state index is 0.323. The Hall–Kier alpha value is -0.860. The zero-order valence-electron chi connectivity index (χ0n) is 5.45. The molecule has 0 radical (unpaired) electrons. The summed E-state index contributed by atoms with van der Waals surface area (Å²) in [6.45, 7) is 1.61.